The van der Waals surface area contributed by atoms with Gasteiger partial charge in [-0.05, 0) is 35.4 Å². The average Bonchev–Trinajstić information content (AvgIpc) is 2.48. The van der Waals surface area contributed by atoms with Crippen molar-refractivity contribution < 1.29 is 9.47 Å². The lowest BCUT2D eigenvalue weighted by Gasteiger charge is -2.06. The van der Waals surface area contributed by atoms with E-state index in [-0.39, 0.29) is 0 Å². The van der Waals surface area contributed by atoms with Crippen molar-refractivity contribution in [1.29, 1.82) is 5.26 Å². The molecule has 2 rings (SSSR count). The number of hydrogen-bond acceptors (Lipinski definition) is 4. The summed E-state index contributed by atoms with van der Waals surface area (Å²) in [4.78, 5) is 3.91. The molecule has 0 aliphatic carbocycles. The second-order valence-electron chi connectivity index (χ2n) is 4.01. The highest BCUT2D eigenvalue weighted by molar-refractivity contribution is 5.28. The van der Waals surface area contributed by atoms with Gasteiger partial charge in [-0.25, -0.2) is 4.98 Å². The molecule has 0 atom stereocenters. The molecule has 1 heterocycles. The molecule has 0 N–H and O–H groups in total. The Morgan fingerprint density at radius 3 is 2.68 bits per heavy atom. The maximum Gasteiger partial charge on any atom is 0.140 e. The van der Waals surface area contributed by atoms with Crippen LogP contribution in [0.5, 0.6) is 5.75 Å². The summed E-state index contributed by atoms with van der Waals surface area (Å²) in [6.45, 7) is 0.954. The van der Waals surface area contributed by atoms with Gasteiger partial charge >= 0.3 is 0 Å². The van der Waals surface area contributed by atoms with Gasteiger partial charge in [0.15, 0.2) is 0 Å². The SMILES string of the molecule is COc1cccc(COCc2ccnc(C#N)c2)c1. The molecular weight excluding hydrogens is 240 g/mol. The zero-order chi connectivity index (χ0) is 13.5. The molecule has 0 saturated carbocycles. The Kier molecular flexibility index (Phi) is 4.49. The second kappa shape index (κ2) is 6.53. The van der Waals surface area contributed by atoms with Gasteiger partial charge in [0.2, 0.25) is 0 Å². The summed E-state index contributed by atoms with van der Waals surface area (Å²) in [6, 6.07) is 13.3. The van der Waals surface area contributed by atoms with Crippen molar-refractivity contribution in [3.8, 4) is 11.8 Å². The number of ether oxygens (including phenoxy) is 2. The van der Waals surface area contributed by atoms with E-state index in [4.69, 9.17) is 14.7 Å². The van der Waals surface area contributed by atoms with Crippen LogP contribution in [0.25, 0.3) is 0 Å². The lowest BCUT2D eigenvalue weighted by Crippen LogP contribution is -1.96. The Bertz CT molecular complexity index is 591. The molecule has 0 fully saturated rings. The van der Waals surface area contributed by atoms with Crippen molar-refractivity contribution in [3.05, 3.63) is 59.4 Å². The molecule has 0 radical (unpaired) electrons. The molecule has 0 aliphatic rings. The van der Waals surface area contributed by atoms with Crippen molar-refractivity contribution in [3.63, 3.8) is 0 Å². The zero-order valence-corrected chi connectivity index (χ0v) is 10.7. The van der Waals surface area contributed by atoms with Crippen LogP contribution >= 0.6 is 0 Å². The van der Waals surface area contributed by atoms with Crippen molar-refractivity contribution in [1.82, 2.24) is 4.98 Å². The maximum absolute atomic E-state index is 8.76. The second-order valence-corrected chi connectivity index (χ2v) is 4.01. The highest BCUT2D eigenvalue weighted by Crippen LogP contribution is 2.14. The molecule has 4 nitrogen and oxygen atoms in total. The molecule has 0 aliphatic heterocycles. The highest BCUT2D eigenvalue weighted by atomic mass is 16.5. The first-order valence-electron chi connectivity index (χ1n) is 5.87. The smallest absolute Gasteiger partial charge is 0.140 e. The third-order valence-electron chi connectivity index (χ3n) is 2.61. The van der Waals surface area contributed by atoms with Crippen LogP contribution in [0.3, 0.4) is 0 Å². The predicted molar refractivity (Wildman–Crippen MR) is 70.4 cm³/mol. The molecule has 1 aromatic carbocycles. The molecule has 4 heteroatoms. The van der Waals surface area contributed by atoms with E-state index in [1.807, 2.05) is 36.4 Å². The summed E-state index contributed by atoms with van der Waals surface area (Å²) in [6.07, 6.45) is 1.61. The van der Waals surface area contributed by atoms with Gasteiger partial charge in [0.25, 0.3) is 0 Å². The zero-order valence-electron chi connectivity index (χ0n) is 10.7. The van der Waals surface area contributed by atoms with Crippen LogP contribution in [-0.2, 0) is 18.0 Å². The van der Waals surface area contributed by atoms with Crippen LogP contribution in [0.2, 0.25) is 0 Å². The topological polar surface area (TPSA) is 55.1 Å². The number of hydrogen-bond donors (Lipinski definition) is 0. The van der Waals surface area contributed by atoms with Gasteiger partial charge in [-0.3, -0.25) is 0 Å². The van der Waals surface area contributed by atoms with Gasteiger partial charge in [-0.1, -0.05) is 12.1 Å². The third-order valence-corrected chi connectivity index (χ3v) is 2.61. The van der Waals surface area contributed by atoms with E-state index < -0.39 is 0 Å². The number of nitriles is 1. The first kappa shape index (κ1) is 13.1. The molecule has 2 aromatic rings. The molecule has 1 aromatic heterocycles. The van der Waals surface area contributed by atoms with E-state index in [0.717, 1.165) is 16.9 Å². The summed E-state index contributed by atoms with van der Waals surface area (Å²) < 4.78 is 10.8. The van der Waals surface area contributed by atoms with Crippen LogP contribution in [0.15, 0.2) is 42.6 Å². The highest BCUT2D eigenvalue weighted by Gasteiger charge is 1.99. The number of methoxy groups -OCH3 is 1. The fourth-order valence-electron chi connectivity index (χ4n) is 1.67. The van der Waals surface area contributed by atoms with Gasteiger partial charge in [0, 0.05) is 6.20 Å². The Hall–Kier alpha value is -2.38. The number of nitrogens with zero attached hydrogens (tertiary/aromatic N) is 2. The van der Waals surface area contributed by atoms with E-state index in [0.29, 0.717) is 18.9 Å². The molecule has 0 spiro atoms. The minimum Gasteiger partial charge on any atom is -0.497 e. The van der Waals surface area contributed by atoms with Crippen LogP contribution < -0.4 is 4.74 Å². The molecule has 0 bridgehead atoms. The van der Waals surface area contributed by atoms with Crippen molar-refractivity contribution >= 4 is 0 Å². The standard InChI is InChI=1S/C15H14N2O2/c1-18-15-4-2-3-12(8-15)10-19-11-13-5-6-17-14(7-13)9-16/h2-8H,10-11H2,1H3. The summed E-state index contributed by atoms with van der Waals surface area (Å²) in [5.74, 6) is 0.816. The summed E-state index contributed by atoms with van der Waals surface area (Å²) in [7, 11) is 1.64. The Morgan fingerprint density at radius 2 is 1.95 bits per heavy atom. The van der Waals surface area contributed by atoms with Crippen LogP contribution in [0, 0.1) is 11.3 Å². The molecule has 19 heavy (non-hydrogen) atoms. The normalized spacial score (nSPS) is 9.89. The Morgan fingerprint density at radius 1 is 1.16 bits per heavy atom. The molecule has 0 unspecified atom stereocenters. The van der Waals surface area contributed by atoms with E-state index in [9.17, 15) is 0 Å². The van der Waals surface area contributed by atoms with Crippen molar-refractivity contribution in [2.75, 3.05) is 7.11 Å². The number of rotatable bonds is 5. The maximum atomic E-state index is 8.76. The minimum atomic E-state index is 0.405. The van der Waals surface area contributed by atoms with E-state index in [2.05, 4.69) is 4.98 Å². The fraction of sp³-hybridized carbons (Fsp3) is 0.200. The summed E-state index contributed by atoms with van der Waals surface area (Å²) in [5.41, 5.74) is 2.39. The van der Waals surface area contributed by atoms with Gasteiger partial charge < -0.3 is 9.47 Å². The van der Waals surface area contributed by atoms with Gasteiger partial charge in [-0.15, -0.1) is 0 Å². The van der Waals surface area contributed by atoms with Crippen LogP contribution in [0.1, 0.15) is 16.8 Å². The minimum absolute atomic E-state index is 0.405. The Labute approximate surface area is 112 Å². The summed E-state index contributed by atoms with van der Waals surface area (Å²) >= 11 is 0. The number of pyridine rings is 1. The molecular formula is C15H14N2O2. The lowest BCUT2D eigenvalue weighted by molar-refractivity contribution is 0.107. The number of benzene rings is 1. The van der Waals surface area contributed by atoms with Crippen LogP contribution in [0.4, 0.5) is 0 Å². The van der Waals surface area contributed by atoms with Crippen molar-refractivity contribution in [2.24, 2.45) is 0 Å². The Balaban J connectivity index is 1.90. The monoisotopic (exact) mass is 254 g/mol. The van der Waals surface area contributed by atoms with Gasteiger partial charge in [0.05, 0.1) is 20.3 Å². The largest absolute Gasteiger partial charge is 0.497 e. The third kappa shape index (κ3) is 3.80. The van der Waals surface area contributed by atoms with E-state index >= 15 is 0 Å². The lowest BCUT2D eigenvalue weighted by atomic mass is 10.2. The molecule has 0 amide bonds. The van der Waals surface area contributed by atoms with E-state index in [1.54, 1.807) is 19.4 Å². The molecule has 96 valence electrons. The average molecular weight is 254 g/mol. The van der Waals surface area contributed by atoms with Crippen LogP contribution in [-0.4, -0.2) is 12.1 Å². The first-order valence-corrected chi connectivity index (χ1v) is 5.87. The summed E-state index contributed by atoms with van der Waals surface area (Å²) in [5, 5.41) is 8.76. The fourth-order valence-corrected chi connectivity index (χ4v) is 1.67. The van der Waals surface area contributed by atoms with E-state index in [1.165, 1.54) is 0 Å². The quantitative estimate of drug-likeness (QED) is 0.823. The first-order chi connectivity index (χ1) is 9.31. The van der Waals surface area contributed by atoms with Gasteiger partial charge in [-0.2, -0.15) is 5.26 Å². The number of aromatic nitrogens is 1. The predicted octanol–water partition coefficient (Wildman–Crippen LogP) is 2.68. The van der Waals surface area contributed by atoms with Crippen molar-refractivity contribution in [2.45, 2.75) is 13.2 Å². The van der Waals surface area contributed by atoms with Gasteiger partial charge in [0.1, 0.15) is 17.5 Å². The molecule has 0 saturated heterocycles.